The van der Waals surface area contributed by atoms with Gasteiger partial charge >= 0.3 is 0 Å². The van der Waals surface area contributed by atoms with Gasteiger partial charge in [-0.15, -0.1) is 12.4 Å². The van der Waals surface area contributed by atoms with Crippen molar-refractivity contribution in [2.24, 2.45) is 17.8 Å². The second-order valence-corrected chi connectivity index (χ2v) is 7.61. The number of nitrogens with one attached hydrogen (secondary N) is 1. The van der Waals surface area contributed by atoms with Crippen LogP contribution in [-0.2, 0) is 11.3 Å². The molecule has 0 aromatic heterocycles. The highest BCUT2D eigenvalue weighted by Crippen LogP contribution is 2.31. The number of amides is 1. The highest BCUT2D eigenvalue weighted by atomic mass is 35.5. The Hall–Kier alpha value is -1.13. The molecular weight excluding hydrogens is 339 g/mol. The number of carbonyl (C=O) groups is 1. The fraction of sp³-hybridized carbons (Fsp3) is 0.650. The molecule has 3 rings (SSSR count). The first-order valence-corrected chi connectivity index (χ1v) is 9.34. The summed E-state index contributed by atoms with van der Waals surface area (Å²) in [6.07, 6.45) is 5.46. The maximum Gasteiger partial charge on any atom is 0.223 e. The van der Waals surface area contributed by atoms with Crippen LogP contribution in [-0.4, -0.2) is 30.4 Å². The topological polar surface area (TPSA) is 32.3 Å². The van der Waals surface area contributed by atoms with Crippen LogP contribution in [0, 0.1) is 23.6 Å². The molecule has 0 radical (unpaired) electrons. The summed E-state index contributed by atoms with van der Waals surface area (Å²) >= 11 is 0. The second kappa shape index (κ2) is 9.54. The van der Waals surface area contributed by atoms with Gasteiger partial charge in [-0.05, 0) is 74.2 Å². The molecule has 1 aromatic rings. The van der Waals surface area contributed by atoms with Crippen LogP contribution >= 0.6 is 12.4 Å². The molecule has 140 valence electrons. The van der Waals surface area contributed by atoms with Gasteiger partial charge in [0, 0.05) is 19.5 Å². The lowest BCUT2D eigenvalue weighted by molar-refractivity contribution is -0.133. The second-order valence-electron chi connectivity index (χ2n) is 7.61. The Morgan fingerprint density at radius 2 is 1.84 bits per heavy atom. The Balaban J connectivity index is 0.00000225. The molecule has 0 bridgehead atoms. The van der Waals surface area contributed by atoms with E-state index >= 15 is 0 Å². The Kier molecular flexibility index (Phi) is 7.70. The maximum atomic E-state index is 13.1. The molecule has 1 atom stereocenters. The summed E-state index contributed by atoms with van der Waals surface area (Å²) in [4.78, 5) is 14.9. The van der Waals surface area contributed by atoms with Gasteiger partial charge in [-0.3, -0.25) is 4.79 Å². The number of halogens is 2. The van der Waals surface area contributed by atoms with Crippen LogP contribution in [0.4, 0.5) is 4.39 Å². The highest BCUT2D eigenvalue weighted by Gasteiger charge is 2.29. The normalized spacial score (nSPS) is 19.1. The minimum Gasteiger partial charge on any atom is -0.338 e. The molecule has 1 aromatic carbocycles. The van der Waals surface area contributed by atoms with Gasteiger partial charge in [0.05, 0.1) is 0 Å². The summed E-state index contributed by atoms with van der Waals surface area (Å²) < 4.78 is 13.1. The van der Waals surface area contributed by atoms with E-state index in [1.165, 1.54) is 37.8 Å². The quantitative estimate of drug-likeness (QED) is 0.788. The zero-order valence-corrected chi connectivity index (χ0v) is 15.9. The van der Waals surface area contributed by atoms with Crippen molar-refractivity contribution in [3.63, 3.8) is 0 Å². The first kappa shape index (κ1) is 20.2. The third-order valence-electron chi connectivity index (χ3n) is 5.50. The summed E-state index contributed by atoms with van der Waals surface area (Å²) in [6.45, 7) is 5.83. The zero-order chi connectivity index (χ0) is 16.9. The van der Waals surface area contributed by atoms with Crippen LogP contribution in [0.15, 0.2) is 24.3 Å². The van der Waals surface area contributed by atoms with Crippen molar-refractivity contribution in [2.75, 3.05) is 19.6 Å². The van der Waals surface area contributed by atoms with Gasteiger partial charge in [0.1, 0.15) is 5.82 Å². The summed E-state index contributed by atoms with van der Waals surface area (Å²) in [5.74, 6) is 1.80. The standard InChI is InChI=1S/C20H29FN2O.ClH/c1-15(18-8-10-22-11-9-18)12-20(24)23(13-16-2-3-16)14-17-4-6-19(21)7-5-17;/h4-7,15-16,18,22H,2-3,8-14H2,1H3;1H. The monoisotopic (exact) mass is 368 g/mol. The summed E-state index contributed by atoms with van der Waals surface area (Å²) in [5, 5.41) is 3.39. The summed E-state index contributed by atoms with van der Waals surface area (Å²) in [6, 6.07) is 6.54. The minimum atomic E-state index is -0.224. The van der Waals surface area contributed by atoms with E-state index in [0.717, 1.165) is 25.2 Å². The van der Waals surface area contributed by atoms with Crippen molar-refractivity contribution >= 4 is 18.3 Å². The van der Waals surface area contributed by atoms with E-state index in [4.69, 9.17) is 0 Å². The molecule has 1 saturated heterocycles. The number of hydrogen-bond acceptors (Lipinski definition) is 2. The summed E-state index contributed by atoms with van der Waals surface area (Å²) in [5.41, 5.74) is 1.01. The van der Waals surface area contributed by atoms with Crippen molar-refractivity contribution in [1.29, 1.82) is 0 Å². The molecular formula is C20H30ClFN2O. The van der Waals surface area contributed by atoms with E-state index in [1.807, 2.05) is 4.90 Å². The van der Waals surface area contributed by atoms with E-state index in [0.29, 0.717) is 30.7 Å². The van der Waals surface area contributed by atoms with Gasteiger partial charge < -0.3 is 10.2 Å². The molecule has 1 heterocycles. The maximum absolute atomic E-state index is 13.1. The molecule has 1 unspecified atom stereocenters. The SMILES string of the molecule is CC(CC(=O)N(Cc1ccc(F)cc1)CC1CC1)C1CCNCC1.Cl. The van der Waals surface area contributed by atoms with Crippen molar-refractivity contribution in [1.82, 2.24) is 10.2 Å². The van der Waals surface area contributed by atoms with Crippen LogP contribution < -0.4 is 5.32 Å². The van der Waals surface area contributed by atoms with E-state index in [2.05, 4.69) is 12.2 Å². The molecule has 5 heteroatoms. The average molecular weight is 369 g/mol. The number of piperidine rings is 1. The molecule has 1 aliphatic heterocycles. The molecule has 3 nitrogen and oxygen atoms in total. The van der Waals surface area contributed by atoms with Crippen LogP contribution in [0.1, 0.15) is 44.6 Å². The highest BCUT2D eigenvalue weighted by molar-refractivity contribution is 5.85. The van der Waals surface area contributed by atoms with E-state index < -0.39 is 0 Å². The molecule has 2 fully saturated rings. The van der Waals surface area contributed by atoms with E-state index in [9.17, 15) is 9.18 Å². The predicted molar refractivity (Wildman–Crippen MR) is 101 cm³/mol. The third-order valence-corrected chi connectivity index (χ3v) is 5.50. The smallest absolute Gasteiger partial charge is 0.223 e. The number of hydrogen-bond donors (Lipinski definition) is 1. The lowest BCUT2D eigenvalue weighted by atomic mass is 9.84. The largest absolute Gasteiger partial charge is 0.338 e. The van der Waals surface area contributed by atoms with Crippen LogP contribution in [0.2, 0.25) is 0 Å². The van der Waals surface area contributed by atoms with Gasteiger partial charge in [0.25, 0.3) is 0 Å². The van der Waals surface area contributed by atoms with Crippen molar-refractivity contribution in [3.05, 3.63) is 35.6 Å². The lowest BCUT2D eigenvalue weighted by Crippen LogP contribution is -2.36. The fourth-order valence-corrected chi connectivity index (χ4v) is 3.66. The van der Waals surface area contributed by atoms with E-state index in [-0.39, 0.29) is 24.1 Å². The van der Waals surface area contributed by atoms with Crippen LogP contribution in [0.25, 0.3) is 0 Å². The van der Waals surface area contributed by atoms with Gasteiger partial charge in [-0.25, -0.2) is 4.39 Å². The van der Waals surface area contributed by atoms with Gasteiger partial charge in [0.15, 0.2) is 0 Å². The molecule has 25 heavy (non-hydrogen) atoms. The number of nitrogens with zero attached hydrogens (tertiary/aromatic N) is 1. The summed E-state index contributed by atoms with van der Waals surface area (Å²) in [7, 11) is 0. The molecule has 0 spiro atoms. The first-order valence-electron chi connectivity index (χ1n) is 9.34. The van der Waals surface area contributed by atoms with Gasteiger partial charge in [-0.2, -0.15) is 0 Å². The molecule has 1 saturated carbocycles. The minimum absolute atomic E-state index is 0. The molecule has 1 aliphatic carbocycles. The predicted octanol–water partition coefficient (Wildman–Crippen LogP) is 4.01. The van der Waals surface area contributed by atoms with Crippen LogP contribution in [0.5, 0.6) is 0 Å². The molecule has 2 aliphatic rings. The third kappa shape index (κ3) is 6.27. The molecule has 1 N–H and O–H groups in total. The van der Waals surface area contributed by atoms with Crippen molar-refractivity contribution in [3.8, 4) is 0 Å². The lowest BCUT2D eigenvalue weighted by Gasteiger charge is -2.30. The van der Waals surface area contributed by atoms with Crippen molar-refractivity contribution in [2.45, 2.75) is 45.6 Å². The Morgan fingerprint density at radius 3 is 2.44 bits per heavy atom. The van der Waals surface area contributed by atoms with Crippen molar-refractivity contribution < 1.29 is 9.18 Å². The van der Waals surface area contributed by atoms with Gasteiger partial charge in [0.2, 0.25) is 5.91 Å². The zero-order valence-electron chi connectivity index (χ0n) is 15.0. The molecule has 1 amide bonds. The van der Waals surface area contributed by atoms with Crippen LogP contribution in [0.3, 0.4) is 0 Å². The number of rotatable bonds is 7. The Bertz CT molecular complexity index is 541. The number of carbonyl (C=O) groups excluding carboxylic acids is 1. The average Bonchev–Trinajstić information content (AvgIpc) is 3.41. The number of benzene rings is 1. The first-order chi connectivity index (χ1) is 11.6. The fourth-order valence-electron chi connectivity index (χ4n) is 3.66. The van der Waals surface area contributed by atoms with Gasteiger partial charge in [-0.1, -0.05) is 19.1 Å². The van der Waals surface area contributed by atoms with E-state index in [1.54, 1.807) is 12.1 Å². The Morgan fingerprint density at radius 1 is 1.20 bits per heavy atom. The Labute approximate surface area is 156 Å².